The van der Waals surface area contributed by atoms with Crippen molar-refractivity contribution in [2.75, 3.05) is 12.0 Å². The number of sulfone groups is 1. The van der Waals surface area contributed by atoms with Crippen molar-refractivity contribution in [1.82, 2.24) is 5.32 Å². The molecule has 0 rings (SSSR count). The van der Waals surface area contributed by atoms with Gasteiger partial charge in [-0.05, 0) is 12.3 Å². The van der Waals surface area contributed by atoms with Gasteiger partial charge in [0.2, 0.25) is 5.91 Å². The number of carbonyl (C=O) groups is 2. The van der Waals surface area contributed by atoms with Crippen molar-refractivity contribution in [3.8, 4) is 0 Å². The number of aliphatic carboxylic acids is 1. The Morgan fingerprint density at radius 3 is 2.17 bits per heavy atom. The summed E-state index contributed by atoms with van der Waals surface area (Å²) >= 11 is 0. The summed E-state index contributed by atoms with van der Waals surface area (Å²) < 4.78 is 21.8. The van der Waals surface area contributed by atoms with E-state index in [4.69, 9.17) is 10.8 Å². The second kappa shape index (κ2) is 6.69. The molecule has 0 aromatic heterocycles. The van der Waals surface area contributed by atoms with E-state index in [1.54, 1.807) is 13.8 Å². The van der Waals surface area contributed by atoms with Crippen molar-refractivity contribution in [2.45, 2.75) is 32.4 Å². The van der Waals surface area contributed by atoms with Gasteiger partial charge in [-0.2, -0.15) is 0 Å². The van der Waals surface area contributed by atoms with Crippen LogP contribution in [-0.2, 0) is 19.4 Å². The van der Waals surface area contributed by atoms with Gasteiger partial charge in [0.05, 0.1) is 11.8 Å². The Bertz CT molecular complexity index is 404. The van der Waals surface area contributed by atoms with E-state index in [1.165, 1.54) is 0 Å². The molecule has 0 saturated heterocycles. The minimum Gasteiger partial charge on any atom is -0.480 e. The first-order valence-corrected chi connectivity index (χ1v) is 7.57. The average Bonchev–Trinajstić information content (AvgIpc) is 2.19. The molecule has 0 aromatic carbocycles. The summed E-state index contributed by atoms with van der Waals surface area (Å²) in [5, 5.41) is 11.2. The fourth-order valence-electron chi connectivity index (χ4n) is 1.25. The number of hydrogen-bond acceptors (Lipinski definition) is 5. The molecule has 0 aromatic rings. The molecule has 0 saturated carbocycles. The highest BCUT2D eigenvalue weighted by Crippen LogP contribution is 2.03. The van der Waals surface area contributed by atoms with Crippen molar-refractivity contribution in [3.63, 3.8) is 0 Å². The lowest BCUT2D eigenvalue weighted by molar-refractivity contribution is -0.143. The Labute approximate surface area is 107 Å². The van der Waals surface area contributed by atoms with Gasteiger partial charge >= 0.3 is 5.97 Å². The molecule has 2 atom stereocenters. The van der Waals surface area contributed by atoms with Gasteiger partial charge in [-0.15, -0.1) is 0 Å². The van der Waals surface area contributed by atoms with Crippen LogP contribution in [0, 0.1) is 5.92 Å². The molecule has 0 spiro atoms. The van der Waals surface area contributed by atoms with Gasteiger partial charge in [0.15, 0.2) is 0 Å². The maximum absolute atomic E-state index is 11.6. The fourth-order valence-corrected chi connectivity index (χ4v) is 1.93. The van der Waals surface area contributed by atoms with Crippen LogP contribution in [0.3, 0.4) is 0 Å². The summed E-state index contributed by atoms with van der Waals surface area (Å²) in [7, 11) is -3.19. The number of amides is 1. The van der Waals surface area contributed by atoms with E-state index in [9.17, 15) is 18.0 Å². The molecule has 1 unspecified atom stereocenters. The van der Waals surface area contributed by atoms with Crippen molar-refractivity contribution in [1.29, 1.82) is 0 Å². The number of nitrogens with one attached hydrogen (secondary N) is 1. The first-order chi connectivity index (χ1) is 8.04. The molecule has 0 aliphatic carbocycles. The Hall–Kier alpha value is -1.15. The highest BCUT2D eigenvalue weighted by atomic mass is 32.2. The molecule has 0 bridgehead atoms. The lowest BCUT2D eigenvalue weighted by Gasteiger charge is -2.20. The quantitative estimate of drug-likeness (QED) is 0.547. The fraction of sp³-hybridized carbons (Fsp3) is 0.800. The highest BCUT2D eigenvalue weighted by molar-refractivity contribution is 7.90. The summed E-state index contributed by atoms with van der Waals surface area (Å²) in [6, 6.07) is -2.05. The van der Waals surface area contributed by atoms with Crippen LogP contribution in [-0.4, -0.2) is 49.5 Å². The molecule has 106 valence electrons. The number of carboxylic acids is 1. The lowest BCUT2D eigenvalue weighted by atomic mass is 10.0. The zero-order chi connectivity index (χ0) is 14.5. The molecule has 0 aliphatic heterocycles. The Kier molecular flexibility index (Phi) is 6.27. The molecule has 0 fully saturated rings. The number of nitrogens with two attached hydrogens (primary N) is 1. The molecule has 0 radical (unpaired) electrons. The number of carbonyl (C=O) groups excluding carboxylic acids is 1. The normalized spacial score (nSPS) is 15.2. The Morgan fingerprint density at radius 2 is 1.83 bits per heavy atom. The first kappa shape index (κ1) is 16.9. The monoisotopic (exact) mass is 280 g/mol. The first-order valence-electron chi connectivity index (χ1n) is 5.51. The standard InChI is InChI=1S/C10H20N2O5S/c1-6(2)8(10(14)15)12-9(13)7(11)4-5-18(3,16)17/h6-8H,4-5,11H2,1-3H3,(H,12,13)(H,14,15)/t7?,8-/m1/s1. The zero-order valence-electron chi connectivity index (χ0n) is 10.7. The predicted molar refractivity (Wildman–Crippen MR) is 66.7 cm³/mol. The van der Waals surface area contributed by atoms with E-state index in [2.05, 4.69) is 5.32 Å². The molecule has 18 heavy (non-hydrogen) atoms. The maximum atomic E-state index is 11.6. The third-order valence-corrected chi connectivity index (χ3v) is 3.34. The van der Waals surface area contributed by atoms with E-state index in [0.717, 1.165) is 6.26 Å². The lowest BCUT2D eigenvalue weighted by Crippen LogP contribution is -2.50. The van der Waals surface area contributed by atoms with Crippen molar-refractivity contribution in [2.24, 2.45) is 11.7 Å². The van der Waals surface area contributed by atoms with E-state index in [1.807, 2.05) is 0 Å². The van der Waals surface area contributed by atoms with Crippen LogP contribution in [0.15, 0.2) is 0 Å². The topological polar surface area (TPSA) is 127 Å². The van der Waals surface area contributed by atoms with Gasteiger partial charge in [-0.1, -0.05) is 13.8 Å². The Balaban J connectivity index is 4.43. The Morgan fingerprint density at radius 1 is 1.33 bits per heavy atom. The SMILES string of the molecule is CC(C)[C@@H](NC(=O)C(N)CCS(C)(=O)=O)C(=O)O. The maximum Gasteiger partial charge on any atom is 0.326 e. The van der Waals surface area contributed by atoms with Gasteiger partial charge in [-0.3, -0.25) is 4.79 Å². The summed E-state index contributed by atoms with van der Waals surface area (Å²) in [5.41, 5.74) is 5.50. The van der Waals surface area contributed by atoms with Gasteiger partial charge in [0.25, 0.3) is 0 Å². The summed E-state index contributed by atoms with van der Waals surface area (Å²) in [4.78, 5) is 22.4. The van der Waals surface area contributed by atoms with Crippen LogP contribution in [0.4, 0.5) is 0 Å². The average molecular weight is 280 g/mol. The number of carboxylic acid groups (broad SMARTS) is 1. The summed E-state index contributed by atoms with van der Waals surface area (Å²) in [6.45, 7) is 3.31. The minimum absolute atomic E-state index is 0.0326. The van der Waals surface area contributed by atoms with Crippen LogP contribution in [0.25, 0.3) is 0 Å². The molecular formula is C10H20N2O5S. The molecule has 4 N–H and O–H groups in total. The predicted octanol–water partition coefficient (Wildman–Crippen LogP) is -1.03. The van der Waals surface area contributed by atoms with E-state index in [0.29, 0.717) is 0 Å². The number of rotatable bonds is 7. The molecular weight excluding hydrogens is 260 g/mol. The highest BCUT2D eigenvalue weighted by Gasteiger charge is 2.26. The molecule has 0 aliphatic rings. The van der Waals surface area contributed by atoms with Gasteiger partial charge in [0, 0.05) is 6.26 Å². The van der Waals surface area contributed by atoms with Crippen LogP contribution in [0.5, 0.6) is 0 Å². The van der Waals surface area contributed by atoms with Gasteiger partial charge in [0.1, 0.15) is 15.9 Å². The van der Waals surface area contributed by atoms with Crippen LogP contribution in [0.1, 0.15) is 20.3 Å². The molecule has 0 heterocycles. The van der Waals surface area contributed by atoms with E-state index < -0.39 is 33.8 Å². The molecule has 7 nitrogen and oxygen atoms in total. The number of hydrogen-bond donors (Lipinski definition) is 3. The second-order valence-corrected chi connectivity index (χ2v) is 6.85. The third-order valence-electron chi connectivity index (χ3n) is 2.37. The smallest absolute Gasteiger partial charge is 0.326 e. The van der Waals surface area contributed by atoms with E-state index in [-0.39, 0.29) is 18.1 Å². The van der Waals surface area contributed by atoms with Crippen molar-refractivity contribution >= 4 is 21.7 Å². The largest absolute Gasteiger partial charge is 0.480 e. The summed E-state index contributed by atoms with van der Waals surface area (Å²) in [5.74, 6) is -2.29. The van der Waals surface area contributed by atoms with Gasteiger partial charge in [-0.25, -0.2) is 13.2 Å². The molecule has 8 heteroatoms. The van der Waals surface area contributed by atoms with Crippen molar-refractivity contribution < 1.29 is 23.1 Å². The van der Waals surface area contributed by atoms with Crippen molar-refractivity contribution in [3.05, 3.63) is 0 Å². The minimum atomic E-state index is -3.19. The second-order valence-electron chi connectivity index (χ2n) is 4.59. The van der Waals surface area contributed by atoms with Crippen LogP contribution < -0.4 is 11.1 Å². The zero-order valence-corrected chi connectivity index (χ0v) is 11.5. The molecule has 1 amide bonds. The van der Waals surface area contributed by atoms with Crippen LogP contribution in [0.2, 0.25) is 0 Å². The third kappa shape index (κ3) is 6.55. The van der Waals surface area contributed by atoms with E-state index >= 15 is 0 Å². The van der Waals surface area contributed by atoms with Gasteiger partial charge < -0.3 is 16.2 Å². The summed E-state index contributed by atoms with van der Waals surface area (Å²) in [6.07, 6.45) is 1.01. The van der Waals surface area contributed by atoms with Crippen LogP contribution >= 0.6 is 0 Å².